The maximum absolute atomic E-state index is 12.3. The highest BCUT2D eigenvalue weighted by Gasteiger charge is 2.30. The first kappa shape index (κ1) is 20.2. The third-order valence-corrected chi connectivity index (χ3v) is 4.18. The zero-order chi connectivity index (χ0) is 16.7. The lowest BCUT2D eigenvalue weighted by Crippen LogP contribution is -2.51. The van der Waals surface area contributed by atoms with Gasteiger partial charge in [-0.15, -0.1) is 24.8 Å². The predicted molar refractivity (Wildman–Crippen MR) is 106 cm³/mol. The summed E-state index contributed by atoms with van der Waals surface area (Å²) in [6.45, 7) is 5.48. The van der Waals surface area contributed by atoms with Crippen LogP contribution in [0.25, 0.3) is 17.1 Å². The second kappa shape index (κ2) is 8.07. The number of nitrogens with one attached hydrogen (secondary N) is 2. The molecule has 2 aliphatic heterocycles. The second-order valence-corrected chi connectivity index (χ2v) is 6.22. The molecule has 0 bridgehead atoms. The maximum Gasteiger partial charge on any atom is 0.276 e. The summed E-state index contributed by atoms with van der Waals surface area (Å²) in [6, 6.07) is 3.84. The van der Waals surface area contributed by atoms with Gasteiger partial charge in [-0.25, -0.2) is 9.98 Å². The largest absolute Gasteiger partial charge is 0.372 e. The minimum Gasteiger partial charge on any atom is -0.372 e. The summed E-state index contributed by atoms with van der Waals surface area (Å²) in [5, 5.41) is 3.83. The van der Waals surface area contributed by atoms with Gasteiger partial charge in [-0.1, -0.05) is 0 Å². The van der Waals surface area contributed by atoms with Crippen molar-refractivity contribution in [1.82, 2.24) is 20.2 Å². The fourth-order valence-corrected chi connectivity index (χ4v) is 3.20. The Morgan fingerprint density at radius 2 is 2.00 bits per heavy atom. The molecule has 0 aromatic carbocycles. The van der Waals surface area contributed by atoms with E-state index in [-0.39, 0.29) is 42.9 Å². The van der Waals surface area contributed by atoms with Crippen LogP contribution in [-0.4, -0.2) is 52.0 Å². The SMILES string of the molecule is CC1CN(C2=N/C(=C\c3c[nH]c4ncccc34)C(=O)N2)CC(C)O1.Cl.Cl. The molecule has 2 aliphatic rings. The highest BCUT2D eigenvalue weighted by molar-refractivity contribution is 6.14. The molecule has 4 heterocycles. The van der Waals surface area contributed by atoms with Crippen LogP contribution in [0, 0.1) is 0 Å². The lowest BCUT2D eigenvalue weighted by molar-refractivity contribution is -0.115. The number of hydrogen-bond donors (Lipinski definition) is 2. The van der Waals surface area contributed by atoms with Gasteiger partial charge in [-0.3, -0.25) is 10.1 Å². The molecule has 1 saturated heterocycles. The lowest BCUT2D eigenvalue weighted by Gasteiger charge is -2.35. The number of rotatable bonds is 1. The van der Waals surface area contributed by atoms with Crippen LogP contribution >= 0.6 is 24.8 Å². The Hall–Kier alpha value is -2.09. The number of aliphatic imine (C=N–C) groups is 1. The number of fused-ring (bicyclic) bond motifs is 1. The molecule has 1 fully saturated rings. The van der Waals surface area contributed by atoms with Gasteiger partial charge in [0.05, 0.1) is 12.2 Å². The average Bonchev–Trinajstić information content (AvgIpc) is 3.12. The van der Waals surface area contributed by atoms with E-state index in [0.717, 1.165) is 16.6 Å². The van der Waals surface area contributed by atoms with E-state index in [1.165, 1.54) is 0 Å². The third kappa shape index (κ3) is 3.85. The van der Waals surface area contributed by atoms with Crippen LogP contribution in [0.5, 0.6) is 0 Å². The second-order valence-electron chi connectivity index (χ2n) is 6.22. The average molecular weight is 398 g/mol. The maximum atomic E-state index is 12.3. The number of aromatic amines is 1. The highest BCUT2D eigenvalue weighted by Crippen LogP contribution is 2.21. The number of pyridine rings is 1. The van der Waals surface area contributed by atoms with Crippen molar-refractivity contribution in [3.8, 4) is 0 Å². The fourth-order valence-electron chi connectivity index (χ4n) is 3.20. The summed E-state index contributed by atoms with van der Waals surface area (Å²) in [4.78, 5) is 26.2. The molecule has 2 unspecified atom stereocenters. The Morgan fingerprint density at radius 1 is 1.27 bits per heavy atom. The first-order valence-corrected chi connectivity index (χ1v) is 8.04. The number of halogens is 2. The summed E-state index contributed by atoms with van der Waals surface area (Å²) < 4.78 is 5.73. The van der Waals surface area contributed by atoms with Gasteiger partial charge in [0.1, 0.15) is 11.3 Å². The Bertz CT molecular complexity index is 854. The Balaban J connectivity index is 0.00000121. The smallest absolute Gasteiger partial charge is 0.276 e. The molecular weight excluding hydrogens is 377 g/mol. The van der Waals surface area contributed by atoms with Crippen LogP contribution in [0.2, 0.25) is 0 Å². The number of guanidine groups is 1. The van der Waals surface area contributed by atoms with Gasteiger partial charge in [0.15, 0.2) is 0 Å². The van der Waals surface area contributed by atoms with E-state index in [4.69, 9.17) is 4.74 Å². The number of H-pyrrole nitrogens is 1. The van der Waals surface area contributed by atoms with E-state index >= 15 is 0 Å². The zero-order valence-corrected chi connectivity index (χ0v) is 16.1. The van der Waals surface area contributed by atoms with Crippen molar-refractivity contribution in [2.45, 2.75) is 26.1 Å². The molecule has 26 heavy (non-hydrogen) atoms. The van der Waals surface area contributed by atoms with Crippen molar-refractivity contribution in [1.29, 1.82) is 0 Å². The minimum absolute atomic E-state index is 0. The minimum atomic E-state index is -0.185. The van der Waals surface area contributed by atoms with Gasteiger partial charge in [-0.2, -0.15) is 0 Å². The van der Waals surface area contributed by atoms with E-state index in [2.05, 4.69) is 25.2 Å². The third-order valence-electron chi connectivity index (χ3n) is 4.18. The molecule has 2 atom stereocenters. The number of morpholine rings is 1. The molecule has 0 spiro atoms. The molecule has 9 heteroatoms. The van der Waals surface area contributed by atoms with Gasteiger partial charge >= 0.3 is 0 Å². The van der Waals surface area contributed by atoms with Crippen molar-refractivity contribution in [3.05, 3.63) is 35.8 Å². The van der Waals surface area contributed by atoms with Gasteiger partial charge in [0.25, 0.3) is 5.91 Å². The van der Waals surface area contributed by atoms with Gasteiger partial charge in [0.2, 0.25) is 5.96 Å². The van der Waals surface area contributed by atoms with Crippen molar-refractivity contribution >= 4 is 53.8 Å². The van der Waals surface area contributed by atoms with Crippen LogP contribution < -0.4 is 5.32 Å². The monoisotopic (exact) mass is 397 g/mol. The van der Waals surface area contributed by atoms with Crippen LogP contribution in [0.4, 0.5) is 0 Å². The summed E-state index contributed by atoms with van der Waals surface area (Å²) in [5.74, 6) is 0.418. The first-order valence-electron chi connectivity index (χ1n) is 8.04. The standard InChI is InChI=1S/C17H19N5O2.2ClH/c1-10-8-22(9-11(2)24-10)17-20-14(16(23)21-17)6-12-7-19-15-13(12)4-3-5-18-15;;/h3-7,10-11H,8-9H2,1-2H3,(H,18,19)(H,20,21,23);2*1H/b14-6-;;. The van der Waals surface area contributed by atoms with Crippen molar-refractivity contribution in [2.24, 2.45) is 4.99 Å². The van der Waals surface area contributed by atoms with E-state index in [1.807, 2.05) is 32.2 Å². The lowest BCUT2D eigenvalue weighted by atomic mass is 10.2. The molecule has 0 saturated carbocycles. The van der Waals surface area contributed by atoms with E-state index in [0.29, 0.717) is 24.7 Å². The van der Waals surface area contributed by atoms with E-state index in [1.54, 1.807) is 12.3 Å². The number of carbonyl (C=O) groups excluding carboxylic acids is 1. The van der Waals surface area contributed by atoms with E-state index < -0.39 is 0 Å². The van der Waals surface area contributed by atoms with Gasteiger partial charge in [0, 0.05) is 36.4 Å². The predicted octanol–water partition coefficient (Wildman–Crippen LogP) is 2.34. The molecule has 0 radical (unpaired) electrons. The number of amides is 1. The number of nitrogens with zero attached hydrogens (tertiary/aromatic N) is 3. The van der Waals surface area contributed by atoms with Crippen LogP contribution in [0.15, 0.2) is 35.2 Å². The normalized spacial score (nSPS) is 24.1. The number of ether oxygens (including phenoxy) is 1. The summed E-state index contributed by atoms with van der Waals surface area (Å²) >= 11 is 0. The molecule has 2 N–H and O–H groups in total. The molecule has 1 amide bonds. The summed E-state index contributed by atoms with van der Waals surface area (Å²) in [5.41, 5.74) is 2.10. The molecule has 4 rings (SSSR count). The molecule has 7 nitrogen and oxygen atoms in total. The Labute approximate surface area is 163 Å². The molecule has 2 aromatic heterocycles. The topological polar surface area (TPSA) is 82.6 Å². The Kier molecular flexibility index (Phi) is 6.28. The van der Waals surface area contributed by atoms with Gasteiger partial charge in [-0.05, 0) is 32.1 Å². The van der Waals surface area contributed by atoms with Crippen LogP contribution in [-0.2, 0) is 9.53 Å². The highest BCUT2D eigenvalue weighted by atomic mass is 35.5. The molecule has 140 valence electrons. The summed E-state index contributed by atoms with van der Waals surface area (Å²) in [6.07, 6.45) is 5.58. The van der Waals surface area contributed by atoms with Crippen molar-refractivity contribution in [3.63, 3.8) is 0 Å². The van der Waals surface area contributed by atoms with Crippen molar-refractivity contribution < 1.29 is 9.53 Å². The fraction of sp³-hybridized carbons (Fsp3) is 0.353. The zero-order valence-electron chi connectivity index (χ0n) is 14.4. The molecule has 0 aliphatic carbocycles. The van der Waals surface area contributed by atoms with Gasteiger partial charge < -0.3 is 14.6 Å². The van der Waals surface area contributed by atoms with E-state index in [9.17, 15) is 4.79 Å². The summed E-state index contributed by atoms with van der Waals surface area (Å²) in [7, 11) is 0. The van der Waals surface area contributed by atoms with Crippen LogP contribution in [0.1, 0.15) is 19.4 Å². The Morgan fingerprint density at radius 3 is 2.73 bits per heavy atom. The molecule has 2 aromatic rings. The number of hydrogen-bond acceptors (Lipinski definition) is 5. The first-order chi connectivity index (χ1) is 11.6. The number of carbonyl (C=O) groups is 1. The quantitative estimate of drug-likeness (QED) is 0.723. The van der Waals surface area contributed by atoms with Crippen molar-refractivity contribution in [2.75, 3.05) is 13.1 Å². The molecular formula is C17H21Cl2N5O2. The van der Waals surface area contributed by atoms with Crippen LogP contribution in [0.3, 0.4) is 0 Å². The number of aromatic nitrogens is 2.